The van der Waals surface area contributed by atoms with Crippen molar-refractivity contribution in [3.8, 4) is 12.3 Å². The summed E-state index contributed by atoms with van der Waals surface area (Å²) in [4.78, 5) is 33.8. The highest BCUT2D eigenvalue weighted by Gasteiger charge is 2.23. The molecule has 8 nitrogen and oxygen atoms in total. The Morgan fingerprint density at radius 1 is 1.22 bits per heavy atom. The predicted molar refractivity (Wildman–Crippen MR) is 82.8 cm³/mol. The van der Waals surface area contributed by atoms with Crippen LogP contribution in [-0.4, -0.2) is 48.1 Å². The lowest BCUT2D eigenvalue weighted by Crippen LogP contribution is -2.43. The molecule has 0 spiro atoms. The predicted octanol–water partition coefficient (Wildman–Crippen LogP) is 1.49. The highest BCUT2D eigenvalue weighted by molar-refractivity contribution is 5.79. The molecule has 0 aliphatic rings. The summed E-state index contributed by atoms with van der Waals surface area (Å²) in [5.74, 6) is 1.02. The maximum absolute atomic E-state index is 11.6. The maximum Gasteiger partial charge on any atom is 0.408 e. The molecule has 0 aromatic rings. The number of carbonyl (C=O) groups excluding carboxylic acids is 2. The summed E-state index contributed by atoms with van der Waals surface area (Å²) in [7, 11) is 0. The van der Waals surface area contributed by atoms with E-state index in [1.54, 1.807) is 20.8 Å². The molecule has 2 amide bonds. The van der Waals surface area contributed by atoms with Gasteiger partial charge in [0.15, 0.2) is 6.61 Å². The third kappa shape index (κ3) is 11.9. The van der Waals surface area contributed by atoms with Gasteiger partial charge < -0.3 is 25.2 Å². The van der Waals surface area contributed by atoms with Crippen LogP contribution < -0.4 is 10.6 Å². The molecule has 1 atom stereocenters. The van der Waals surface area contributed by atoms with Crippen LogP contribution in [0.2, 0.25) is 0 Å². The van der Waals surface area contributed by atoms with Crippen LogP contribution in [0.25, 0.3) is 0 Å². The normalized spacial score (nSPS) is 11.7. The number of alkyl carbamates (subject to hydrolysis) is 2. The monoisotopic (exact) mass is 328 g/mol. The van der Waals surface area contributed by atoms with Crippen molar-refractivity contribution in [3.05, 3.63) is 0 Å². The molecular weight excluding hydrogens is 304 g/mol. The molecule has 0 rings (SSSR count). The zero-order valence-electron chi connectivity index (χ0n) is 13.7. The van der Waals surface area contributed by atoms with Crippen molar-refractivity contribution in [1.82, 2.24) is 10.6 Å². The molecule has 0 unspecified atom stereocenters. The number of carbonyl (C=O) groups is 3. The van der Waals surface area contributed by atoms with E-state index in [2.05, 4.69) is 21.3 Å². The minimum absolute atomic E-state index is 0.104. The van der Waals surface area contributed by atoms with E-state index in [4.69, 9.17) is 16.3 Å². The van der Waals surface area contributed by atoms with Crippen LogP contribution in [0.5, 0.6) is 0 Å². The fraction of sp³-hybridized carbons (Fsp3) is 0.667. The van der Waals surface area contributed by atoms with Gasteiger partial charge in [0, 0.05) is 6.54 Å². The van der Waals surface area contributed by atoms with Crippen molar-refractivity contribution in [3.63, 3.8) is 0 Å². The Morgan fingerprint density at radius 3 is 2.39 bits per heavy atom. The van der Waals surface area contributed by atoms with E-state index in [9.17, 15) is 14.4 Å². The number of carboxylic acid groups (broad SMARTS) is 1. The fourth-order valence-corrected chi connectivity index (χ4v) is 1.53. The van der Waals surface area contributed by atoms with Gasteiger partial charge in [0.1, 0.15) is 11.6 Å². The minimum Gasteiger partial charge on any atom is -0.480 e. The Hall–Kier alpha value is -2.43. The molecule has 0 heterocycles. The van der Waals surface area contributed by atoms with Gasteiger partial charge in [-0.05, 0) is 40.0 Å². The number of rotatable bonds is 8. The van der Waals surface area contributed by atoms with Crippen LogP contribution in [-0.2, 0) is 14.3 Å². The topological polar surface area (TPSA) is 114 Å². The van der Waals surface area contributed by atoms with Crippen LogP contribution in [0.3, 0.4) is 0 Å². The summed E-state index contributed by atoms with van der Waals surface area (Å²) >= 11 is 0. The van der Waals surface area contributed by atoms with E-state index in [-0.39, 0.29) is 13.0 Å². The molecule has 0 saturated carbocycles. The summed E-state index contributed by atoms with van der Waals surface area (Å²) in [6, 6.07) is -1.04. The molecule has 0 aliphatic heterocycles. The van der Waals surface area contributed by atoms with Crippen molar-refractivity contribution < 1.29 is 29.0 Å². The third-order valence-electron chi connectivity index (χ3n) is 2.46. The maximum atomic E-state index is 11.6. The van der Waals surface area contributed by atoms with Gasteiger partial charge in [0.25, 0.3) is 0 Å². The number of hydrogen-bond acceptors (Lipinski definition) is 5. The number of nitrogens with one attached hydrogen (secondary N) is 2. The number of terminal acetylenes is 1. The quantitative estimate of drug-likeness (QED) is 0.459. The molecule has 0 aliphatic carbocycles. The van der Waals surface area contributed by atoms with E-state index in [1.165, 1.54) is 0 Å². The van der Waals surface area contributed by atoms with Crippen LogP contribution in [0, 0.1) is 12.3 Å². The first-order chi connectivity index (χ1) is 10.7. The first kappa shape index (κ1) is 20.6. The minimum atomic E-state index is -1.14. The van der Waals surface area contributed by atoms with Crippen LogP contribution in [0.4, 0.5) is 9.59 Å². The largest absolute Gasteiger partial charge is 0.480 e. The molecule has 0 fully saturated rings. The van der Waals surface area contributed by atoms with Gasteiger partial charge in [-0.25, -0.2) is 14.4 Å². The zero-order valence-corrected chi connectivity index (χ0v) is 13.7. The molecule has 0 saturated heterocycles. The molecular formula is C15H24N2O6. The number of aliphatic carboxylic acids is 1. The van der Waals surface area contributed by atoms with Crippen molar-refractivity contribution in [1.29, 1.82) is 0 Å². The Kier molecular flexibility index (Phi) is 9.23. The third-order valence-corrected chi connectivity index (χ3v) is 2.46. The van der Waals surface area contributed by atoms with Crippen molar-refractivity contribution >= 4 is 18.2 Å². The highest BCUT2D eigenvalue weighted by Crippen LogP contribution is 2.08. The molecule has 3 N–H and O–H groups in total. The Balaban J connectivity index is 4.03. The number of hydrogen-bond donors (Lipinski definition) is 3. The van der Waals surface area contributed by atoms with Crippen molar-refractivity contribution in [2.45, 2.75) is 51.7 Å². The van der Waals surface area contributed by atoms with Crippen molar-refractivity contribution in [2.24, 2.45) is 0 Å². The van der Waals surface area contributed by atoms with E-state index in [1.807, 2.05) is 0 Å². The van der Waals surface area contributed by atoms with E-state index in [0.29, 0.717) is 19.4 Å². The summed E-state index contributed by atoms with van der Waals surface area (Å²) in [6.07, 6.45) is 4.78. The average molecular weight is 328 g/mol. The second-order valence-electron chi connectivity index (χ2n) is 5.74. The zero-order chi connectivity index (χ0) is 17.9. The molecule has 23 heavy (non-hydrogen) atoms. The number of unbranched alkanes of at least 4 members (excludes halogenated alkanes) is 1. The second-order valence-corrected chi connectivity index (χ2v) is 5.74. The molecule has 0 aromatic heterocycles. The lowest BCUT2D eigenvalue weighted by molar-refractivity contribution is -0.139. The highest BCUT2D eigenvalue weighted by atomic mass is 16.6. The summed E-state index contributed by atoms with van der Waals surface area (Å²) in [5, 5.41) is 13.9. The lowest BCUT2D eigenvalue weighted by atomic mass is 10.1. The van der Waals surface area contributed by atoms with Crippen LogP contribution >= 0.6 is 0 Å². The van der Waals surface area contributed by atoms with Gasteiger partial charge in [-0.2, -0.15) is 0 Å². The van der Waals surface area contributed by atoms with Crippen LogP contribution in [0.15, 0.2) is 0 Å². The van der Waals surface area contributed by atoms with Crippen molar-refractivity contribution in [2.75, 3.05) is 13.2 Å². The van der Waals surface area contributed by atoms with Gasteiger partial charge in [0.05, 0.1) is 0 Å². The summed E-state index contributed by atoms with van der Waals surface area (Å²) in [6.45, 7) is 5.28. The molecule has 130 valence electrons. The van der Waals surface area contributed by atoms with Gasteiger partial charge in [-0.3, -0.25) is 0 Å². The van der Waals surface area contributed by atoms with E-state index < -0.39 is 29.8 Å². The Morgan fingerprint density at radius 2 is 1.87 bits per heavy atom. The first-order valence-electron chi connectivity index (χ1n) is 7.22. The van der Waals surface area contributed by atoms with Gasteiger partial charge in [-0.15, -0.1) is 6.42 Å². The van der Waals surface area contributed by atoms with E-state index in [0.717, 1.165) is 0 Å². The molecule has 8 heteroatoms. The summed E-state index contributed by atoms with van der Waals surface area (Å²) in [5.41, 5.74) is -0.699. The summed E-state index contributed by atoms with van der Waals surface area (Å²) < 4.78 is 9.61. The van der Waals surface area contributed by atoms with E-state index >= 15 is 0 Å². The Bertz CT molecular complexity index is 450. The average Bonchev–Trinajstić information content (AvgIpc) is 2.41. The molecule has 0 aromatic carbocycles. The van der Waals surface area contributed by atoms with Crippen LogP contribution in [0.1, 0.15) is 40.0 Å². The molecule has 0 radical (unpaired) electrons. The lowest BCUT2D eigenvalue weighted by Gasteiger charge is -2.22. The Labute approximate surface area is 135 Å². The standard InChI is InChI=1S/C15H24N2O6/c1-5-10-22-13(20)16-9-7-6-8-11(12(18)19)17-14(21)23-15(2,3)4/h1,11H,6-10H2,2-4H3,(H,16,20)(H,17,21)(H,18,19)/t11-/m1/s1. The fourth-order valence-electron chi connectivity index (χ4n) is 1.53. The second kappa shape index (κ2) is 10.3. The van der Waals surface area contributed by atoms with Gasteiger partial charge in [0.2, 0.25) is 0 Å². The number of carboxylic acids is 1. The smallest absolute Gasteiger partial charge is 0.408 e. The number of amides is 2. The van der Waals surface area contributed by atoms with Gasteiger partial charge in [-0.1, -0.05) is 5.92 Å². The van der Waals surface area contributed by atoms with Gasteiger partial charge >= 0.3 is 18.2 Å². The first-order valence-corrected chi connectivity index (χ1v) is 7.22. The molecule has 0 bridgehead atoms. The number of ether oxygens (including phenoxy) is 2. The SMILES string of the molecule is C#CCOC(=O)NCCCC[C@@H](NC(=O)OC(C)(C)C)C(=O)O.